The number of rotatable bonds is 4. The van der Waals surface area contributed by atoms with Crippen LogP contribution in [0.5, 0.6) is 0 Å². The average molecular weight is 265 g/mol. The van der Waals surface area contributed by atoms with Crippen LogP contribution >= 0.6 is 11.3 Å². The lowest BCUT2D eigenvalue weighted by Gasteiger charge is -2.09. The molecule has 0 spiro atoms. The number of H-pyrrole nitrogens is 1. The summed E-state index contributed by atoms with van der Waals surface area (Å²) in [6, 6.07) is -1.03. The van der Waals surface area contributed by atoms with Crippen LogP contribution in [0, 0.1) is 6.92 Å². The summed E-state index contributed by atoms with van der Waals surface area (Å²) >= 11 is 0.561. The van der Waals surface area contributed by atoms with Crippen LogP contribution in [0.3, 0.4) is 0 Å². The molecule has 1 unspecified atom stereocenters. The van der Waals surface area contributed by atoms with Crippen molar-refractivity contribution in [2.75, 3.05) is 0 Å². The first-order valence-electron chi connectivity index (χ1n) is 4.25. The fourth-order valence-electron chi connectivity index (χ4n) is 0.991. The normalized spacial score (nSPS) is 13.6. The summed E-state index contributed by atoms with van der Waals surface area (Å²) in [5, 5.41) is 0. The van der Waals surface area contributed by atoms with E-state index in [1.807, 2.05) is 0 Å². The number of carbonyl (C=O) groups excluding carboxylic acids is 1. The number of primary amides is 1. The van der Waals surface area contributed by atoms with Gasteiger partial charge in [-0.25, -0.2) is 8.42 Å². The Morgan fingerprint density at radius 3 is 2.50 bits per heavy atom. The van der Waals surface area contributed by atoms with Gasteiger partial charge in [-0.15, -0.1) is 0 Å². The van der Waals surface area contributed by atoms with E-state index in [1.54, 1.807) is 0 Å². The minimum atomic E-state index is -3.88. The van der Waals surface area contributed by atoms with Gasteiger partial charge >= 0.3 is 4.87 Å². The SMILES string of the molecule is Cc1[nH]c(=O)sc1S(=O)(=O)NC(C)C(N)=O. The van der Waals surface area contributed by atoms with Crippen molar-refractivity contribution in [3.8, 4) is 0 Å². The largest absolute Gasteiger partial charge is 0.368 e. The molecule has 90 valence electrons. The zero-order chi connectivity index (χ0) is 12.5. The van der Waals surface area contributed by atoms with Gasteiger partial charge < -0.3 is 10.7 Å². The third kappa shape index (κ3) is 2.68. The van der Waals surface area contributed by atoms with Gasteiger partial charge in [0.25, 0.3) is 10.0 Å². The van der Waals surface area contributed by atoms with E-state index in [0.717, 1.165) is 0 Å². The monoisotopic (exact) mass is 265 g/mol. The molecule has 0 aromatic carbocycles. The summed E-state index contributed by atoms with van der Waals surface area (Å²) in [6.45, 7) is 2.78. The van der Waals surface area contributed by atoms with E-state index in [4.69, 9.17) is 5.73 Å². The molecule has 0 saturated heterocycles. The first-order chi connectivity index (χ1) is 7.24. The minimum absolute atomic E-state index is 0.134. The quantitative estimate of drug-likeness (QED) is 0.639. The number of thiazole rings is 1. The first-order valence-corrected chi connectivity index (χ1v) is 6.55. The topological polar surface area (TPSA) is 122 Å². The van der Waals surface area contributed by atoms with Crippen molar-refractivity contribution in [2.24, 2.45) is 5.73 Å². The number of nitrogens with two attached hydrogens (primary N) is 1. The maximum absolute atomic E-state index is 11.7. The number of aromatic nitrogens is 1. The van der Waals surface area contributed by atoms with E-state index in [9.17, 15) is 18.0 Å². The van der Waals surface area contributed by atoms with Crippen molar-refractivity contribution in [2.45, 2.75) is 24.1 Å². The van der Waals surface area contributed by atoms with Crippen LogP contribution in [0.4, 0.5) is 0 Å². The van der Waals surface area contributed by atoms with Crippen LogP contribution in [-0.2, 0) is 14.8 Å². The lowest BCUT2D eigenvalue weighted by Crippen LogP contribution is -2.42. The summed E-state index contributed by atoms with van der Waals surface area (Å²) in [5.41, 5.74) is 5.17. The molecule has 1 aromatic rings. The summed E-state index contributed by atoms with van der Waals surface area (Å²) < 4.78 is 25.4. The summed E-state index contributed by atoms with van der Waals surface area (Å²) in [7, 11) is -3.88. The molecule has 0 aliphatic carbocycles. The molecule has 16 heavy (non-hydrogen) atoms. The van der Waals surface area contributed by atoms with Gasteiger partial charge in [-0.1, -0.05) is 11.3 Å². The molecule has 9 heteroatoms. The van der Waals surface area contributed by atoms with Gasteiger partial charge in [-0.3, -0.25) is 9.59 Å². The number of hydrogen-bond acceptors (Lipinski definition) is 5. The molecule has 0 radical (unpaired) electrons. The Morgan fingerprint density at radius 1 is 1.56 bits per heavy atom. The van der Waals surface area contributed by atoms with Crippen molar-refractivity contribution in [1.82, 2.24) is 9.71 Å². The Balaban J connectivity index is 3.08. The van der Waals surface area contributed by atoms with Crippen molar-refractivity contribution in [1.29, 1.82) is 0 Å². The zero-order valence-corrected chi connectivity index (χ0v) is 10.2. The highest BCUT2D eigenvalue weighted by Gasteiger charge is 2.24. The van der Waals surface area contributed by atoms with E-state index in [2.05, 4.69) is 9.71 Å². The second-order valence-electron chi connectivity index (χ2n) is 3.17. The number of carbonyl (C=O) groups is 1. The lowest BCUT2D eigenvalue weighted by molar-refractivity contribution is -0.119. The van der Waals surface area contributed by atoms with Crippen molar-refractivity contribution < 1.29 is 13.2 Å². The van der Waals surface area contributed by atoms with Crippen molar-refractivity contribution in [3.05, 3.63) is 15.4 Å². The van der Waals surface area contributed by atoms with Crippen molar-refractivity contribution >= 4 is 27.3 Å². The first kappa shape index (κ1) is 12.9. The van der Waals surface area contributed by atoms with Gasteiger partial charge in [-0.2, -0.15) is 4.72 Å². The number of aromatic amines is 1. The maximum Gasteiger partial charge on any atom is 0.305 e. The molecule has 4 N–H and O–H groups in total. The standard InChI is InChI=1S/C7H11N3O4S2/c1-3(5(8)11)10-16(13,14)6-4(2)9-7(12)15-6/h3,10H,1-2H3,(H2,8,11)(H,9,12). The second kappa shape index (κ2) is 4.36. The predicted octanol–water partition coefficient (Wildman–Crippen LogP) is -1.10. The van der Waals surface area contributed by atoms with E-state index in [1.165, 1.54) is 13.8 Å². The average Bonchev–Trinajstić information content (AvgIpc) is 2.45. The highest BCUT2D eigenvalue weighted by atomic mass is 32.2. The number of sulfonamides is 1. The zero-order valence-electron chi connectivity index (χ0n) is 8.60. The highest BCUT2D eigenvalue weighted by Crippen LogP contribution is 2.15. The van der Waals surface area contributed by atoms with E-state index >= 15 is 0 Å². The Morgan fingerprint density at radius 2 is 2.12 bits per heavy atom. The number of amides is 1. The van der Waals surface area contributed by atoms with Gasteiger partial charge in [0, 0.05) is 5.69 Å². The van der Waals surface area contributed by atoms with E-state index in [-0.39, 0.29) is 9.90 Å². The molecule has 0 bridgehead atoms. The molecular weight excluding hydrogens is 254 g/mol. The van der Waals surface area contributed by atoms with Crippen LogP contribution in [0.1, 0.15) is 12.6 Å². The molecule has 1 heterocycles. The molecular formula is C7H11N3O4S2. The lowest BCUT2D eigenvalue weighted by atomic mass is 10.4. The van der Waals surface area contributed by atoms with Gasteiger partial charge in [0.15, 0.2) is 4.21 Å². The van der Waals surface area contributed by atoms with E-state index < -0.39 is 26.8 Å². The van der Waals surface area contributed by atoms with Gasteiger partial charge in [0.1, 0.15) is 0 Å². The molecule has 1 aromatic heterocycles. The highest BCUT2D eigenvalue weighted by molar-refractivity contribution is 7.91. The molecule has 0 aliphatic heterocycles. The molecule has 0 fully saturated rings. The minimum Gasteiger partial charge on any atom is -0.368 e. The maximum atomic E-state index is 11.7. The molecule has 1 rings (SSSR count). The van der Waals surface area contributed by atoms with E-state index in [0.29, 0.717) is 11.3 Å². The van der Waals surface area contributed by atoms with Gasteiger partial charge in [-0.05, 0) is 13.8 Å². The Bertz CT molecular complexity index is 556. The van der Waals surface area contributed by atoms with Gasteiger partial charge in [0.2, 0.25) is 5.91 Å². The number of nitrogens with one attached hydrogen (secondary N) is 2. The summed E-state index contributed by atoms with van der Waals surface area (Å²) in [5.74, 6) is -0.788. The van der Waals surface area contributed by atoms with Crippen LogP contribution < -0.4 is 15.3 Å². The van der Waals surface area contributed by atoms with Gasteiger partial charge in [0.05, 0.1) is 6.04 Å². The fourth-order valence-corrected chi connectivity index (χ4v) is 3.52. The Hall–Kier alpha value is -1.19. The van der Waals surface area contributed by atoms with Crippen molar-refractivity contribution in [3.63, 3.8) is 0 Å². The third-order valence-corrected chi connectivity index (χ3v) is 4.93. The number of hydrogen-bond donors (Lipinski definition) is 3. The fraction of sp³-hybridized carbons (Fsp3) is 0.429. The molecule has 1 atom stereocenters. The second-order valence-corrected chi connectivity index (χ2v) is 6.06. The number of aryl methyl sites for hydroxylation is 1. The Kier molecular flexibility index (Phi) is 3.51. The molecule has 1 amide bonds. The van der Waals surface area contributed by atoms with Crippen LogP contribution in [0.15, 0.2) is 9.00 Å². The molecule has 7 nitrogen and oxygen atoms in total. The molecule has 0 saturated carbocycles. The molecule has 0 aliphatic rings. The smallest absolute Gasteiger partial charge is 0.305 e. The Labute approximate surface area is 95.7 Å². The summed E-state index contributed by atoms with van der Waals surface area (Å²) in [6.07, 6.45) is 0. The van der Waals surface area contributed by atoms with Crippen LogP contribution in [0.2, 0.25) is 0 Å². The van der Waals surface area contributed by atoms with Crippen LogP contribution in [0.25, 0.3) is 0 Å². The summed E-state index contributed by atoms with van der Waals surface area (Å²) in [4.78, 5) is 23.6. The van der Waals surface area contributed by atoms with Crippen LogP contribution in [-0.4, -0.2) is 25.4 Å². The predicted molar refractivity (Wildman–Crippen MR) is 58.7 cm³/mol. The third-order valence-electron chi connectivity index (χ3n) is 1.78.